The molecule has 0 aliphatic heterocycles. The van der Waals surface area contributed by atoms with E-state index in [4.69, 9.17) is 5.73 Å². The van der Waals surface area contributed by atoms with Gasteiger partial charge in [0, 0.05) is 12.2 Å². The van der Waals surface area contributed by atoms with Crippen LogP contribution in [0.15, 0.2) is 23.1 Å². The van der Waals surface area contributed by atoms with Gasteiger partial charge < -0.3 is 20.9 Å². The van der Waals surface area contributed by atoms with E-state index in [2.05, 4.69) is 32.5 Å². The molecule has 2 aromatic rings. The first-order chi connectivity index (χ1) is 15.3. The van der Waals surface area contributed by atoms with Gasteiger partial charge in [0.2, 0.25) is 17.8 Å². The van der Waals surface area contributed by atoms with E-state index in [1.807, 2.05) is 0 Å². The van der Waals surface area contributed by atoms with Crippen molar-refractivity contribution in [2.75, 3.05) is 22.9 Å². The number of nitrogens with one attached hydrogen (secondary N) is 2. The maximum absolute atomic E-state index is 11.4. The number of nitrogen functional groups attached to an aromatic ring is 1. The van der Waals surface area contributed by atoms with Crippen LogP contribution in [0.2, 0.25) is 0 Å². The van der Waals surface area contributed by atoms with Crippen molar-refractivity contribution in [3.63, 3.8) is 0 Å². The van der Waals surface area contributed by atoms with Crippen LogP contribution in [0, 0.1) is 6.92 Å². The largest absolute Gasteiger partial charge is 0.744 e. The minimum atomic E-state index is -4.57. The van der Waals surface area contributed by atoms with Crippen LogP contribution in [0.5, 0.6) is 0 Å². The number of rotatable bonds is 15. The van der Waals surface area contributed by atoms with Gasteiger partial charge in [-0.25, -0.2) is 8.42 Å². The molecule has 0 fully saturated rings. The Morgan fingerprint density at radius 2 is 1.50 bits per heavy atom. The molecule has 0 atom stereocenters. The lowest BCUT2D eigenvalue weighted by atomic mass is 10.1. The summed E-state index contributed by atoms with van der Waals surface area (Å²) in [6.07, 6.45) is 12.6. The summed E-state index contributed by atoms with van der Waals surface area (Å²) in [6.45, 7) is 4.52. The molecule has 9 nitrogen and oxygen atoms in total. The van der Waals surface area contributed by atoms with E-state index in [0.29, 0.717) is 17.2 Å². The first-order valence-electron chi connectivity index (χ1n) is 11.4. The molecule has 0 aliphatic rings. The highest BCUT2D eigenvalue weighted by Crippen LogP contribution is 2.22. The van der Waals surface area contributed by atoms with Crippen molar-refractivity contribution in [1.29, 1.82) is 0 Å². The van der Waals surface area contributed by atoms with Crippen molar-refractivity contribution in [3.8, 4) is 0 Å². The van der Waals surface area contributed by atoms with Crippen LogP contribution in [0.25, 0.3) is 0 Å². The van der Waals surface area contributed by atoms with Gasteiger partial charge in [-0.05, 0) is 31.0 Å². The van der Waals surface area contributed by atoms with E-state index < -0.39 is 10.1 Å². The molecule has 1 aromatic heterocycles. The fourth-order valence-electron chi connectivity index (χ4n) is 3.42. The maximum atomic E-state index is 11.4. The van der Waals surface area contributed by atoms with Crippen LogP contribution >= 0.6 is 0 Å². The smallest absolute Gasteiger partial charge is 0.233 e. The lowest BCUT2D eigenvalue weighted by molar-refractivity contribution is 0.462. The normalized spacial score (nSPS) is 11.5. The van der Waals surface area contributed by atoms with E-state index in [1.165, 1.54) is 57.4 Å². The molecule has 0 saturated heterocycles. The molecule has 32 heavy (non-hydrogen) atoms. The third-order valence-corrected chi connectivity index (χ3v) is 6.16. The Kier molecular flexibility index (Phi) is 10.6. The highest BCUT2D eigenvalue weighted by Gasteiger charge is 2.09. The fourth-order valence-corrected chi connectivity index (χ4v) is 4.15. The summed E-state index contributed by atoms with van der Waals surface area (Å²) in [5.41, 5.74) is 6.52. The minimum absolute atomic E-state index is 0.0388. The third-order valence-electron chi connectivity index (χ3n) is 5.18. The lowest BCUT2D eigenvalue weighted by Crippen LogP contribution is -2.10. The second kappa shape index (κ2) is 13.2. The predicted octanol–water partition coefficient (Wildman–Crippen LogP) is 4.74. The molecule has 0 amide bonds. The zero-order valence-electron chi connectivity index (χ0n) is 19.1. The summed E-state index contributed by atoms with van der Waals surface area (Å²) in [6, 6.07) is 4.44. The van der Waals surface area contributed by atoms with Crippen molar-refractivity contribution in [3.05, 3.63) is 23.8 Å². The quantitative estimate of drug-likeness (QED) is 0.251. The maximum Gasteiger partial charge on any atom is 0.233 e. The number of hydrogen-bond acceptors (Lipinski definition) is 9. The Morgan fingerprint density at radius 3 is 2.12 bits per heavy atom. The number of aromatic nitrogens is 3. The van der Waals surface area contributed by atoms with Crippen molar-refractivity contribution < 1.29 is 13.0 Å². The highest BCUT2D eigenvalue weighted by molar-refractivity contribution is 7.85. The summed E-state index contributed by atoms with van der Waals surface area (Å²) in [5, 5.41) is 6.04. The number of benzene rings is 1. The second-order valence-electron chi connectivity index (χ2n) is 8.01. The number of hydrogen-bond donors (Lipinski definition) is 3. The van der Waals surface area contributed by atoms with Gasteiger partial charge >= 0.3 is 0 Å². The number of unbranched alkanes of at least 4 members (excludes halogenated alkanes) is 9. The Balaban J connectivity index is 1.78. The molecule has 4 N–H and O–H groups in total. The highest BCUT2D eigenvalue weighted by atomic mass is 32.2. The number of anilines is 4. The van der Waals surface area contributed by atoms with E-state index in [1.54, 1.807) is 19.1 Å². The SMILES string of the molecule is CCCCCCCCCCCCNc1nc(N)nc(Nc2ccc(C)c(S(=O)(=O)[O-])c2)n1. The molecule has 0 unspecified atom stereocenters. The van der Waals surface area contributed by atoms with Crippen LogP contribution < -0.4 is 16.4 Å². The van der Waals surface area contributed by atoms with Crippen LogP contribution in [0.4, 0.5) is 23.5 Å². The summed E-state index contributed by atoms with van der Waals surface area (Å²) in [7, 11) is -4.57. The van der Waals surface area contributed by atoms with Gasteiger partial charge in [-0.2, -0.15) is 15.0 Å². The predicted molar refractivity (Wildman–Crippen MR) is 127 cm³/mol. The first kappa shape index (κ1) is 25.8. The van der Waals surface area contributed by atoms with Crippen LogP contribution in [0.3, 0.4) is 0 Å². The van der Waals surface area contributed by atoms with Crippen molar-refractivity contribution in [2.45, 2.75) is 83.0 Å². The zero-order valence-corrected chi connectivity index (χ0v) is 19.9. The average Bonchev–Trinajstić information content (AvgIpc) is 2.72. The minimum Gasteiger partial charge on any atom is -0.744 e. The van der Waals surface area contributed by atoms with E-state index in [0.717, 1.165) is 19.4 Å². The molecule has 2 rings (SSSR count). The molecule has 10 heteroatoms. The number of nitrogens with zero attached hydrogens (tertiary/aromatic N) is 3. The Bertz CT molecular complexity index is 953. The lowest BCUT2D eigenvalue weighted by Gasteiger charge is -2.13. The Labute approximate surface area is 191 Å². The van der Waals surface area contributed by atoms with Gasteiger partial charge in [-0.1, -0.05) is 70.8 Å². The Morgan fingerprint density at radius 1 is 0.906 bits per heavy atom. The topological polar surface area (TPSA) is 146 Å². The van der Waals surface area contributed by atoms with Crippen LogP contribution in [-0.4, -0.2) is 34.5 Å². The van der Waals surface area contributed by atoms with E-state index >= 15 is 0 Å². The molecule has 0 saturated carbocycles. The molecule has 0 aliphatic carbocycles. The molecule has 1 heterocycles. The summed E-state index contributed by atoms with van der Waals surface area (Å²) in [4.78, 5) is 12.1. The van der Waals surface area contributed by atoms with Gasteiger partial charge in [0.05, 0.1) is 4.90 Å². The van der Waals surface area contributed by atoms with Crippen molar-refractivity contribution in [1.82, 2.24) is 15.0 Å². The average molecular weight is 464 g/mol. The number of nitrogens with two attached hydrogens (primary N) is 1. The first-order valence-corrected chi connectivity index (χ1v) is 12.8. The Hall–Kier alpha value is -2.46. The summed E-state index contributed by atoms with van der Waals surface area (Å²) >= 11 is 0. The summed E-state index contributed by atoms with van der Waals surface area (Å²) in [5.74, 6) is 0.553. The molecule has 0 bridgehead atoms. The zero-order chi connectivity index (χ0) is 23.4. The molecular weight excluding hydrogens is 428 g/mol. The van der Waals surface area contributed by atoms with E-state index in [9.17, 15) is 13.0 Å². The standard InChI is InChI=1S/C22H36N6O3S/c1-3-4-5-6-7-8-9-10-11-12-15-24-21-26-20(23)27-22(28-21)25-18-14-13-17(2)19(16-18)32(29,30)31/h13-14,16H,3-12,15H2,1-2H3,(H,29,30,31)(H4,23,24,25,26,27,28)/p-1. The van der Waals surface area contributed by atoms with Crippen molar-refractivity contribution in [2.24, 2.45) is 0 Å². The molecular formula is C22H35N6O3S-. The van der Waals surface area contributed by atoms with Gasteiger partial charge in [0.1, 0.15) is 10.1 Å². The second-order valence-corrected chi connectivity index (χ2v) is 9.36. The van der Waals surface area contributed by atoms with Crippen LogP contribution in [-0.2, 0) is 10.1 Å². The third kappa shape index (κ3) is 9.35. The van der Waals surface area contributed by atoms with Gasteiger partial charge in [0.15, 0.2) is 0 Å². The summed E-state index contributed by atoms with van der Waals surface area (Å²) < 4.78 is 34.2. The van der Waals surface area contributed by atoms with E-state index in [-0.39, 0.29) is 16.8 Å². The van der Waals surface area contributed by atoms with Crippen LogP contribution in [0.1, 0.15) is 76.7 Å². The van der Waals surface area contributed by atoms with Gasteiger partial charge in [-0.3, -0.25) is 0 Å². The van der Waals surface area contributed by atoms with Crippen molar-refractivity contribution >= 4 is 33.7 Å². The molecule has 0 radical (unpaired) electrons. The molecule has 0 spiro atoms. The monoisotopic (exact) mass is 463 g/mol. The van der Waals surface area contributed by atoms with Gasteiger partial charge in [-0.15, -0.1) is 0 Å². The molecule has 1 aromatic carbocycles. The number of aryl methyl sites for hydroxylation is 1. The molecule has 178 valence electrons. The fraction of sp³-hybridized carbons (Fsp3) is 0.591. The van der Waals surface area contributed by atoms with Gasteiger partial charge in [0.25, 0.3) is 0 Å².